The van der Waals surface area contributed by atoms with Crippen molar-refractivity contribution >= 4 is 17.2 Å². The van der Waals surface area contributed by atoms with Crippen LogP contribution in [-0.4, -0.2) is 29.1 Å². The van der Waals surface area contributed by atoms with E-state index in [0.717, 1.165) is 11.4 Å². The van der Waals surface area contributed by atoms with Gasteiger partial charge in [0.1, 0.15) is 0 Å². The molecule has 0 aliphatic carbocycles. The van der Waals surface area contributed by atoms with E-state index in [1.807, 2.05) is 24.3 Å². The number of carbonyl (C=O) groups excluding carboxylic acids is 1. The number of carbonyl (C=O) groups is 1. The predicted molar refractivity (Wildman–Crippen MR) is 80.5 cm³/mol. The zero-order chi connectivity index (χ0) is 14.4. The Labute approximate surface area is 122 Å². The van der Waals surface area contributed by atoms with Crippen molar-refractivity contribution in [3.05, 3.63) is 57.8 Å². The molecule has 0 unspecified atom stereocenters. The van der Waals surface area contributed by atoms with Gasteiger partial charge in [-0.25, -0.2) is 0 Å². The highest BCUT2D eigenvalue weighted by atomic mass is 32.1. The third-order valence-electron chi connectivity index (χ3n) is 2.98. The van der Waals surface area contributed by atoms with E-state index in [4.69, 9.17) is 5.73 Å². The molecule has 1 heterocycles. The minimum Gasteiger partial charge on any atom is -0.395 e. The summed E-state index contributed by atoms with van der Waals surface area (Å²) in [5, 5.41) is 10.9. The Morgan fingerprint density at radius 2 is 2.00 bits per heavy atom. The Morgan fingerprint density at radius 3 is 2.60 bits per heavy atom. The second-order valence-corrected chi connectivity index (χ2v) is 5.58. The zero-order valence-electron chi connectivity index (χ0n) is 11.2. The molecule has 0 fully saturated rings. The first-order valence-electron chi connectivity index (χ1n) is 6.43. The molecule has 3 N–H and O–H groups in total. The number of nitrogens with two attached hydrogens (primary N) is 1. The second-order valence-electron chi connectivity index (χ2n) is 4.59. The minimum absolute atomic E-state index is 0.112. The topological polar surface area (TPSA) is 66.6 Å². The molecular formula is C15H18N2O2S. The molecule has 106 valence electrons. The first kappa shape index (κ1) is 14.7. The van der Waals surface area contributed by atoms with Gasteiger partial charge in [-0.3, -0.25) is 9.69 Å². The summed E-state index contributed by atoms with van der Waals surface area (Å²) in [5.41, 5.74) is 7.01. The summed E-state index contributed by atoms with van der Waals surface area (Å²) in [6.07, 6.45) is 0. The lowest BCUT2D eigenvalue weighted by Crippen LogP contribution is -2.25. The van der Waals surface area contributed by atoms with E-state index in [1.165, 1.54) is 16.9 Å². The Kier molecular flexibility index (Phi) is 5.29. The molecule has 0 spiro atoms. The number of hydrogen-bond acceptors (Lipinski definition) is 4. The lowest BCUT2D eigenvalue weighted by Gasteiger charge is -2.20. The van der Waals surface area contributed by atoms with Crippen LogP contribution in [0, 0.1) is 0 Å². The van der Waals surface area contributed by atoms with Crippen LogP contribution >= 0.6 is 11.3 Å². The molecule has 0 aliphatic heterocycles. The summed E-state index contributed by atoms with van der Waals surface area (Å²) < 4.78 is 0. The van der Waals surface area contributed by atoms with Gasteiger partial charge >= 0.3 is 0 Å². The highest BCUT2D eigenvalue weighted by Crippen LogP contribution is 2.17. The van der Waals surface area contributed by atoms with Crippen molar-refractivity contribution < 1.29 is 9.90 Å². The van der Waals surface area contributed by atoms with Gasteiger partial charge in [0.15, 0.2) is 0 Å². The molecule has 0 saturated heterocycles. The van der Waals surface area contributed by atoms with E-state index in [2.05, 4.69) is 17.0 Å². The number of aliphatic hydroxyl groups excluding tert-OH is 1. The van der Waals surface area contributed by atoms with Gasteiger partial charge in [0.2, 0.25) is 5.91 Å². The van der Waals surface area contributed by atoms with Crippen LogP contribution in [0.2, 0.25) is 0 Å². The fourth-order valence-corrected chi connectivity index (χ4v) is 2.92. The Bertz CT molecular complexity index is 554. The van der Waals surface area contributed by atoms with Gasteiger partial charge in [-0.15, -0.1) is 11.3 Å². The molecule has 0 aliphatic rings. The van der Waals surface area contributed by atoms with Gasteiger partial charge in [0, 0.05) is 29.9 Å². The number of primary amides is 1. The predicted octanol–water partition coefficient (Wildman–Crippen LogP) is 1.84. The molecule has 1 amide bonds. The first-order chi connectivity index (χ1) is 9.69. The summed E-state index contributed by atoms with van der Waals surface area (Å²) in [5.74, 6) is -0.399. The SMILES string of the molecule is NC(=O)c1csc(CN(CCO)Cc2ccccc2)c1. The molecule has 1 aromatic carbocycles. The average Bonchev–Trinajstić information content (AvgIpc) is 2.89. The van der Waals surface area contributed by atoms with E-state index in [1.54, 1.807) is 5.38 Å². The minimum atomic E-state index is -0.399. The van der Waals surface area contributed by atoms with Crippen molar-refractivity contribution in [2.75, 3.05) is 13.2 Å². The van der Waals surface area contributed by atoms with Crippen molar-refractivity contribution in [1.29, 1.82) is 0 Å². The zero-order valence-corrected chi connectivity index (χ0v) is 12.0. The summed E-state index contributed by atoms with van der Waals surface area (Å²) >= 11 is 1.52. The van der Waals surface area contributed by atoms with E-state index >= 15 is 0 Å². The van der Waals surface area contributed by atoms with Crippen LogP contribution in [0.4, 0.5) is 0 Å². The number of thiophene rings is 1. The monoisotopic (exact) mass is 290 g/mol. The summed E-state index contributed by atoms with van der Waals surface area (Å²) in [7, 11) is 0. The van der Waals surface area contributed by atoms with Crippen LogP contribution in [0.25, 0.3) is 0 Å². The fraction of sp³-hybridized carbons (Fsp3) is 0.267. The number of hydrogen-bond donors (Lipinski definition) is 2. The van der Waals surface area contributed by atoms with Crippen molar-refractivity contribution in [2.45, 2.75) is 13.1 Å². The Hall–Kier alpha value is -1.69. The molecule has 0 bridgehead atoms. The van der Waals surface area contributed by atoms with E-state index in [-0.39, 0.29) is 6.61 Å². The normalized spacial score (nSPS) is 10.9. The maximum absolute atomic E-state index is 11.1. The maximum Gasteiger partial charge on any atom is 0.249 e. The van der Waals surface area contributed by atoms with Crippen molar-refractivity contribution in [2.24, 2.45) is 5.73 Å². The van der Waals surface area contributed by atoms with E-state index < -0.39 is 5.91 Å². The second kappa shape index (κ2) is 7.19. The first-order valence-corrected chi connectivity index (χ1v) is 7.31. The van der Waals surface area contributed by atoms with Crippen molar-refractivity contribution in [3.63, 3.8) is 0 Å². The van der Waals surface area contributed by atoms with Crippen LogP contribution in [0.15, 0.2) is 41.8 Å². The average molecular weight is 290 g/mol. The maximum atomic E-state index is 11.1. The molecule has 20 heavy (non-hydrogen) atoms. The Balaban J connectivity index is 2.02. The molecule has 5 heteroatoms. The van der Waals surface area contributed by atoms with Gasteiger partial charge in [-0.2, -0.15) is 0 Å². The van der Waals surface area contributed by atoms with Crippen LogP contribution in [0.3, 0.4) is 0 Å². The molecule has 0 atom stereocenters. The van der Waals surface area contributed by atoms with Gasteiger partial charge in [-0.1, -0.05) is 30.3 Å². The van der Waals surface area contributed by atoms with E-state index in [0.29, 0.717) is 18.7 Å². The number of aliphatic hydroxyl groups is 1. The molecular weight excluding hydrogens is 272 g/mol. The quantitative estimate of drug-likeness (QED) is 0.817. The number of amides is 1. The summed E-state index contributed by atoms with van der Waals surface area (Å²) in [6.45, 7) is 2.18. The van der Waals surface area contributed by atoms with Crippen LogP contribution in [0.5, 0.6) is 0 Å². The summed E-state index contributed by atoms with van der Waals surface area (Å²) in [4.78, 5) is 14.3. The molecule has 0 radical (unpaired) electrons. The third kappa shape index (κ3) is 4.16. The standard InChI is InChI=1S/C15H18N2O2S/c16-15(19)13-8-14(20-11-13)10-17(6-7-18)9-12-4-2-1-3-5-12/h1-5,8,11,18H,6-7,9-10H2,(H2,16,19). The van der Waals surface area contributed by atoms with Gasteiger partial charge < -0.3 is 10.8 Å². The number of rotatable bonds is 7. The molecule has 2 rings (SSSR count). The lowest BCUT2D eigenvalue weighted by atomic mass is 10.2. The van der Waals surface area contributed by atoms with Crippen molar-refractivity contribution in [3.8, 4) is 0 Å². The van der Waals surface area contributed by atoms with Gasteiger partial charge in [0.05, 0.1) is 12.2 Å². The number of benzene rings is 1. The lowest BCUT2D eigenvalue weighted by molar-refractivity contribution is 0.100. The highest BCUT2D eigenvalue weighted by Gasteiger charge is 2.10. The molecule has 2 aromatic rings. The summed E-state index contributed by atoms with van der Waals surface area (Å²) in [6, 6.07) is 11.9. The van der Waals surface area contributed by atoms with Crippen LogP contribution in [-0.2, 0) is 13.1 Å². The van der Waals surface area contributed by atoms with Crippen LogP contribution < -0.4 is 5.73 Å². The smallest absolute Gasteiger partial charge is 0.249 e. The van der Waals surface area contributed by atoms with Crippen molar-refractivity contribution in [1.82, 2.24) is 4.90 Å². The Morgan fingerprint density at radius 1 is 1.25 bits per heavy atom. The van der Waals surface area contributed by atoms with Gasteiger partial charge in [0.25, 0.3) is 0 Å². The molecule has 0 saturated carbocycles. The molecule has 1 aromatic heterocycles. The third-order valence-corrected chi connectivity index (χ3v) is 3.90. The largest absolute Gasteiger partial charge is 0.395 e. The van der Waals surface area contributed by atoms with E-state index in [9.17, 15) is 9.90 Å². The fourth-order valence-electron chi connectivity index (χ4n) is 2.01. The van der Waals surface area contributed by atoms with Gasteiger partial charge in [-0.05, 0) is 11.6 Å². The van der Waals surface area contributed by atoms with Crippen LogP contribution in [0.1, 0.15) is 20.8 Å². The highest BCUT2D eigenvalue weighted by molar-refractivity contribution is 7.10. The number of nitrogens with zero attached hydrogens (tertiary/aromatic N) is 1. The molecule has 4 nitrogen and oxygen atoms in total.